The fourth-order valence-electron chi connectivity index (χ4n) is 1.79. The first-order valence-corrected chi connectivity index (χ1v) is 5.69. The monoisotopic (exact) mass is 245 g/mol. The number of carboxylic acids is 1. The van der Waals surface area contributed by atoms with Gasteiger partial charge in [0.25, 0.3) is 0 Å². The van der Waals surface area contributed by atoms with Gasteiger partial charge in [-0.3, -0.25) is 0 Å². The van der Waals surface area contributed by atoms with Crippen molar-refractivity contribution < 1.29 is 14.3 Å². The van der Waals surface area contributed by atoms with Crippen LogP contribution in [0.1, 0.15) is 27.4 Å². The molecular weight excluding hydrogens is 230 g/mol. The van der Waals surface area contributed by atoms with E-state index in [1.807, 2.05) is 31.2 Å². The summed E-state index contributed by atoms with van der Waals surface area (Å²) in [4.78, 5) is 10.8. The minimum absolute atomic E-state index is 0.0102. The Balaban J connectivity index is 2.06. The molecule has 0 atom stereocenters. The van der Waals surface area contributed by atoms with Crippen LogP contribution in [-0.4, -0.2) is 11.1 Å². The topological polar surface area (TPSA) is 62.5 Å². The number of benzene rings is 1. The molecule has 4 nitrogen and oxygen atoms in total. The van der Waals surface area contributed by atoms with Crippen LogP contribution in [0.2, 0.25) is 0 Å². The highest BCUT2D eigenvalue weighted by Crippen LogP contribution is 2.17. The van der Waals surface area contributed by atoms with Gasteiger partial charge in [-0.15, -0.1) is 0 Å². The summed E-state index contributed by atoms with van der Waals surface area (Å²) in [6, 6.07) is 9.71. The van der Waals surface area contributed by atoms with Crippen LogP contribution in [0.3, 0.4) is 0 Å². The number of hydrogen-bond donors (Lipinski definition) is 2. The molecule has 0 radical (unpaired) electrons. The van der Waals surface area contributed by atoms with Gasteiger partial charge in [-0.1, -0.05) is 12.1 Å². The second-order valence-electron chi connectivity index (χ2n) is 4.25. The SMILES string of the molecule is Cc1cccc(NCc2cc(C)c(C(=O)O)o2)c1. The number of carboxylic acid groups (broad SMARTS) is 1. The van der Waals surface area contributed by atoms with Crippen LogP contribution in [0.5, 0.6) is 0 Å². The molecule has 0 aliphatic heterocycles. The molecule has 94 valence electrons. The van der Waals surface area contributed by atoms with Crippen LogP contribution in [0.15, 0.2) is 34.7 Å². The first kappa shape index (κ1) is 12.2. The van der Waals surface area contributed by atoms with Gasteiger partial charge in [-0.2, -0.15) is 0 Å². The molecule has 4 heteroatoms. The quantitative estimate of drug-likeness (QED) is 0.868. The molecule has 2 aromatic rings. The Labute approximate surface area is 105 Å². The van der Waals surface area contributed by atoms with Crippen molar-refractivity contribution in [2.45, 2.75) is 20.4 Å². The summed E-state index contributed by atoms with van der Waals surface area (Å²) in [5.41, 5.74) is 2.80. The lowest BCUT2D eigenvalue weighted by Gasteiger charge is -2.04. The van der Waals surface area contributed by atoms with Gasteiger partial charge in [0.1, 0.15) is 5.76 Å². The van der Waals surface area contributed by atoms with Crippen molar-refractivity contribution in [1.29, 1.82) is 0 Å². The lowest BCUT2D eigenvalue weighted by atomic mass is 10.2. The fraction of sp³-hybridized carbons (Fsp3) is 0.214. The van der Waals surface area contributed by atoms with Gasteiger partial charge >= 0.3 is 5.97 Å². The summed E-state index contributed by atoms with van der Waals surface area (Å²) >= 11 is 0. The third-order valence-electron chi connectivity index (χ3n) is 2.65. The molecule has 0 amide bonds. The van der Waals surface area contributed by atoms with E-state index in [4.69, 9.17) is 9.52 Å². The van der Waals surface area contributed by atoms with Crippen molar-refractivity contribution in [3.63, 3.8) is 0 Å². The Hall–Kier alpha value is -2.23. The predicted molar refractivity (Wildman–Crippen MR) is 68.9 cm³/mol. The molecular formula is C14H15NO3. The fourth-order valence-corrected chi connectivity index (χ4v) is 1.79. The standard InChI is InChI=1S/C14H15NO3/c1-9-4-3-5-11(6-9)15-8-12-7-10(2)13(18-12)14(16)17/h3-7,15H,8H2,1-2H3,(H,16,17). The minimum atomic E-state index is -1.03. The molecule has 0 fully saturated rings. The Morgan fingerprint density at radius 2 is 2.11 bits per heavy atom. The maximum absolute atomic E-state index is 10.8. The maximum Gasteiger partial charge on any atom is 0.372 e. The van der Waals surface area contributed by atoms with E-state index in [9.17, 15) is 4.79 Å². The van der Waals surface area contributed by atoms with Crippen LogP contribution >= 0.6 is 0 Å². The molecule has 1 aromatic carbocycles. The second kappa shape index (κ2) is 4.96. The van der Waals surface area contributed by atoms with E-state index >= 15 is 0 Å². The highest BCUT2D eigenvalue weighted by Gasteiger charge is 2.13. The van der Waals surface area contributed by atoms with Crippen LogP contribution in [-0.2, 0) is 6.54 Å². The van der Waals surface area contributed by atoms with Gasteiger partial charge in [0, 0.05) is 11.3 Å². The van der Waals surface area contributed by atoms with Crippen molar-refractivity contribution in [1.82, 2.24) is 0 Å². The van der Waals surface area contributed by atoms with Crippen LogP contribution in [0, 0.1) is 13.8 Å². The number of anilines is 1. The maximum atomic E-state index is 10.8. The van der Waals surface area contributed by atoms with Crippen molar-refractivity contribution in [2.24, 2.45) is 0 Å². The third-order valence-corrected chi connectivity index (χ3v) is 2.65. The van der Waals surface area contributed by atoms with E-state index in [0.717, 1.165) is 5.69 Å². The van der Waals surface area contributed by atoms with Gasteiger partial charge in [0.15, 0.2) is 0 Å². The number of hydrogen-bond acceptors (Lipinski definition) is 3. The first-order valence-electron chi connectivity index (χ1n) is 5.69. The third kappa shape index (κ3) is 2.71. The highest BCUT2D eigenvalue weighted by atomic mass is 16.4. The molecule has 0 aliphatic rings. The molecule has 0 saturated heterocycles. The summed E-state index contributed by atoms with van der Waals surface area (Å²) in [6.07, 6.45) is 0. The number of furan rings is 1. The molecule has 0 spiro atoms. The molecule has 2 N–H and O–H groups in total. The Morgan fingerprint density at radius 1 is 1.33 bits per heavy atom. The second-order valence-corrected chi connectivity index (χ2v) is 4.25. The summed E-state index contributed by atoms with van der Waals surface area (Å²) in [7, 11) is 0. The number of aryl methyl sites for hydroxylation is 2. The molecule has 0 bridgehead atoms. The average molecular weight is 245 g/mol. The Morgan fingerprint density at radius 3 is 2.72 bits per heavy atom. The smallest absolute Gasteiger partial charge is 0.372 e. The summed E-state index contributed by atoms with van der Waals surface area (Å²) < 4.78 is 5.27. The molecule has 1 heterocycles. The summed E-state index contributed by atoms with van der Waals surface area (Å²) in [6.45, 7) is 4.21. The van der Waals surface area contributed by atoms with Gasteiger partial charge in [-0.05, 0) is 37.6 Å². The van der Waals surface area contributed by atoms with E-state index in [0.29, 0.717) is 17.9 Å². The van der Waals surface area contributed by atoms with E-state index in [1.165, 1.54) is 5.56 Å². The van der Waals surface area contributed by atoms with Crippen molar-refractivity contribution in [3.8, 4) is 0 Å². The lowest BCUT2D eigenvalue weighted by molar-refractivity contribution is 0.0659. The molecule has 0 saturated carbocycles. The number of nitrogens with one attached hydrogen (secondary N) is 1. The number of aromatic carboxylic acids is 1. The van der Waals surface area contributed by atoms with Crippen molar-refractivity contribution in [2.75, 3.05) is 5.32 Å². The first-order chi connectivity index (χ1) is 8.56. The van der Waals surface area contributed by atoms with Crippen LogP contribution in [0.4, 0.5) is 5.69 Å². The average Bonchev–Trinajstić information content (AvgIpc) is 2.68. The lowest BCUT2D eigenvalue weighted by Crippen LogP contribution is -1.98. The van der Waals surface area contributed by atoms with Gasteiger partial charge in [-0.25, -0.2) is 4.79 Å². The Bertz CT molecular complexity index is 572. The molecule has 0 unspecified atom stereocenters. The van der Waals surface area contributed by atoms with Gasteiger partial charge in [0.05, 0.1) is 6.54 Å². The van der Waals surface area contributed by atoms with Crippen LogP contribution < -0.4 is 5.32 Å². The highest BCUT2D eigenvalue weighted by molar-refractivity contribution is 5.86. The zero-order chi connectivity index (χ0) is 13.1. The molecule has 0 aliphatic carbocycles. The molecule has 2 rings (SSSR count). The van der Waals surface area contributed by atoms with Crippen molar-refractivity contribution >= 4 is 11.7 Å². The zero-order valence-corrected chi connectivity index (χ0v) is 10.4. The van der Waals surface area contributed by atoms with E-state index in [2.05, 4.69) is 5.32 Å². The normalized spacial score (nSPS) is 10.3. The number of rotatable bonds is 4. The van der Waals surface area contributed by atoms with E-state index < -0.39 is 5.97 Å². The van der Waals surface area contributed by atoms with Gasteiger partial charge in [0.2, 0.25) is 5.76 Å². The number of carbonyl (C=O) groups is 1. The zero-order valence-electron chi connectivity index (χ0n) is 10.4. The summed E-state index contributed by atoms with van der Waals surface area (Å²) in [5, 5.41) is 12.1. The summed E-state index contributed by atoms with van der Waals surface area (Å²) in [5.74, 6) is -0.406. The van der Waals surface area contributed by atoms with Crippen LogP contribution in [0.25, 0.3) is 0 Å². The van der Waals surface area contributed by atoms with Gasteiger partial charge < -0.3 is 14.8 Å². The van der Waals surface area contributed by atoms with E-state index in [1.54, 1.807) is 13.0 Å². The van der Waals surface area contributed by atoms with Crippen molar-refractivity contribution in [3.05, 3.63) is 53.0 Å². The van der Waals surface area contributed by atoms with E-state index in [-0.39, 0.29) is 5.76 Å². The largest absolute Gasteiger partial charge is 0.475 e. The Kier molecular flexibility index (Phi) is 3.37. The molecule has 1 aromatic heterocycles. The minimum Gasteiger partial charge on any atom is -0.475 e. The molecule has 18 heavy (non-hydrogen) atoms. The predicted octanol–water partition coefficient (Wildman–Crippen LogP) is 3.21.